The van der Waals surface area contributed by atoms with Crippen LogP contribution in [0.25, 0.3) is 0 Å². The maximum Gasteiger partial charge on any atom is 0.243 e. The van der Waals surface area contributed by atoms with Crippen molar-refractivity contribution in [2.24, 2.45) is 4.99 Å². The summed E-state index contributed by atoms with van der Waals surface area (Å²) in [6, 6.07) is 0.542. The highest BCUT2D eigenvalue weighted by Gasteiger charge is 2.31. The number of rotatable bonds is 7. The smallest absolute Gasteiger partial charge is 0.243 e. The number of hydrogen-bond acceptors (Lipinski definition) is 4. The zero-order chi connectivity index (χ0) is 16.7. The van der Waals surface area contributed by atoms with Gasteiger partial charge < -0.3 is 15.5 Å². The molecule has 0 aliphatic carbocycles. The molecule has 1 atom stereocenters. The van der Waals surface area contributed by atoms with Crippen LogP contribution in [0.2, 0.25) is 0 Å². The van der Waals surface area contributed by atoms with Gasteiger partial charge in [-0.1, -0.05) is 13.3 Å². The molecular weight excluding hydrogens is 419 g/mol. The van der Waals surface area contributed by atoms with E-state index in [4.69, 9.17) is 0 Å². The molecule has 1 amide bonds. The average Bonchev–Trinajstić information content (AvgIpc) is 2.57. The van der Waals surface area contributed by atoms with E-state index >= 15 is 0 Å². The molecule has 3 heterocycles. The van der Waals surface area contributed by atoms with Crippen LogP contribution >= 0.6 is 24.0 Å². The summed E-state index contributed by atoms with van der Waals surface area (Å²) in [6.45, 7) is 9.99. The van der Waals surface area contributed by atoms with Gasteiger partial charge in [-0.15, -0.1) is 24.0 Å². The van der Waals surface area contributed by atoms with Crippen molar-refractivity contribution in [3.63, 3.8) is 0 Å². The molecule has 140 valence electrons. The fourth-order valence-electron chi connectivity index (χ4n) is 2.98. The molecule has 8 heteroatoms. The van der Waals surface area contributed by atoms with E-state index < -0.39 is 0 Å². The Labute approximate surface area is 163 Å². The molecule has 0 saturated carbocycles. The number of carbonyl (C=O) groups is 1. The molecule has 2 bridgehead atoms. The number of carbonyl (C=O) groups excluding carboxylic acids is 1. The number of nitrogens with one attached hydrogen (secondary N) is 2. The maximum absolute atomic E-state index is 11.7. The van der Waals surface area contributed by atoms with Crippen LogP contribution in [0.15, 0.2) is 4.99 Å². The summed E-state index contributed by atoms with van der Waals surface area (Å²) < 4.78 is 0. The van der Waals surface area contributed by atoms with Crippen molar-refractivity contribution in [2.45, 2.75) is 25.8 Å². The van der Waals surface area contributed by atoms with Crippen LogP contribution in [0, 0.1) is 0 Å². The van der Waals surface area contributed by atoms with Crippen LogP contribution < -0.4 is 10.6 Å². The summed E-state index contributed by atoms with van der Waals surface area (Å²) in [4.78, 5) is 22.8. The normalized spacial score (nSPS) is 25.8. The van der Waals surface area contributed by atoms with E-state index in [1.165, 1.54) is 26.2 Å². The van der Waals surface area contributed by atoms with Crippen molar-refractivity contribution < 1.29 is 4.79 Å². The number of unbranched alkanes of at least 4 members (excludes halogenated alkanes) is 1. The second-order valence-corrected chi connectivity index (χ2v) is 6.60. The van der Waals surface area contributed by atoms with Gasteiger partial charge in [0.25, 0.3) is 0 Å². The lowest BCUT2D eigenvalue weighted by Gasteiger charge is -2.47. The highest BCUT2D eigenvalue weighted by Crippen LogP contribution is 2.14. The van der Waals surface area contributed by atoms with E-state index in [0.29, 0.717) is 6.04 Å². The Balaban J connectivity index is 0.00000288. The maximum atomic E-state index is 11.7. The van der Waals surface area contributed by atoms with E-state index in [1.807, 2.05) is 0 Å². The molecule has 0 aromatic rings. The Hall–Kier alpha value is -0.610. The molecule has 7 nitrogen and oxygen atoms in total. The van der Waals surface area contributed by atoms with Crippen LogP contribution in [0.4, 0.5) is 0 Å². The van der Waals surface area contributed by atoms with Crippen LogP contribution in [0.1, 0.15) is 19.8 Å². The number of guanidine groups is 1. The van der Waals surface area contributed by atoms with Crippen molar-refractivity contribution in [3.05, 3.63) is 0 Å². The molecule has 2 N–H and O–H groups in total. The summed E-state index contributed by atoms with van der Waals surface area (Å²) in [7, 11) is 3.52. The largest absolute Gasteiger partial charge is 0.356 e. The van der Waals surface area contributed by atoms with Gasteiger partial charge in [-0.05, 0) is 6.42 Å². The Morgan fingerprint density at radius 2 is 1.92 bits per heavy atom. The van der Waals surface area contributed by atoms with Gasteiger partial charge in [-0.25, -0.2) is 4.99 Å². The van der Waals surface area contributed by atoms with Gasteiger partial charge in [0, 0.05) is 66.0 Å². The average molecular weight is 452 g/mol. The minimum atomic E-state index is 0. The number of piperazine rings is 3. The monoisotopic (exact) mass is 452 g/mol. The third-order valence-electron chi connectivity index (χ3n) is 4.59. The van der Waals surface area contributed by atoms with Gasteiger partial charge in [-0.3, -0.25) is 14.6 Å². The molecule has 24 heavy (non-hydrogen) atoms. The van der Waals surface area contributed by atoms with Gasteiger partial charge in [0.15, 0.2) is 5.96 Å². The standard InChI is InChI=1S/C16H32N6O.HI/c1-4-5-6-17-16(19-12-15(23)20(2)3)18-11-14-13-21-7-9-22(14)10-8-21;/h14H,4-13H2,1-3H3,(H2,17,18,19);1H. The van der Waals surface area contributed by atoms with Crippen LogP contribution in [0.3, 0.4) is 0 Å². The molecule has 3 saturated heterocycles. The van der Waals surface area contributed by atoms with Gasteiger partial charge in [0.05, 0.1) is 0 Å². The second-order valence-electron chi connectivity index (χ2n) is 6.60. The van der Waals surface area contributed by atoms with Gasteiger partial charge in [0.2, 0.25) is 5.91 Å². The topological polar surface area (TPSA) is 63.2 Å². The molecule has 0 radical (unpaired) electrons. The first kappa shape index (κ1) is 21.4. The Morgan fingerprint density at radius 1 is 1.21 bits per heavy atom. The lowest BCUT2D eigenvalue weighted by molar-refractivity contribution is -0.127. The summed E-state index contributed by atoms with van der Waals surface area (Å²) >= 11 is 0. The minimum Gasteiger partial charge on any atom is -0.356 e. The van der Waals surface area contributed by atoms with Crippen LogP contribution in [-0.4, -0.2) is 99.1 Å². The van der Waals surface area contributed by atoms with Crippen molar-refractivity contribution in [2.75, 3.05) is 66.5 Å². The van der Waals surface area contributed by atoms with Crippen molar-refractivity contribution in [1.82, 2.24) is 25.3 Å². The van der Waals surface area contributed by atoms with E-state index in [1.54, 1.807) is 19.0 Å². The number of aliphatic imine (C=N–C) groups is 1. The molecule has 1 unspecified atom stereocenters. The van der Waals surface area contributed by atoms with Gasteiger partial charge in [0.1, 0.15) is 6.54 Å². The van der Waals surface area contributed by atoms with Crippen molar-refractivity contribution in [1.29, 1.82) is 0 Å². The fraction of sp³-hybridized carbons (Fsp3) is 0.875. The quantitative estimate of drug-likeness (QED) is 0.247. The third kappa shape index (κ3) is 6.72. The number of nitrogens with zero attached hydrogens (tertiary/aromatic N) is 4. The van der Waals surface area contributed by atoms with E-state index in [9.17, 15) is 4.79 Å². The second kappa shape index (κ2) is 11.1. The molecular formula is C16H33IN6O. The number of halogens is 1. The molecule has 0 aromatic heterocycles. The SMILES string of the molecule is CCCCNC(=NCC(=O)N(C)C)NCC1CN2CCN1CC2.I. The first-order chi connectivity index (χ1) is 11.1. The van der Waals surface area contributed by atoms with Gasteiger partial charge >= 0.3 is 0 Å². The lowest BCUT2D eigenvalue weighted by Crippen LogP contribution is -2.63. The minimum absolute atomic E-state index is 0. The van der Waals surface area contributed by atoms with Crippen molar-refractivity contribution in [3.8, 4) is 0 Å². The number of hydrogen-bond donors (Lipinski definition) is 2. The van der Waals surface area contributed by atoms with Gasteiger partial charge in [-0.2, -0.15) is 0 Å². The first-order valence-electron chi connectivity index (χ1n) is 8.79. The zero-order valence-electron chi connectivity index (χ0n) is 15.3. The van der Waals surface area contributed by atoms with E-state index in [-0.39, 0.29) is 36.4 Å². The Morgan fingerprint density at radius 3 is 2.46 bits per heavy atom. The summed E-state index contributed by atoms with van der Waals surface area (Å²) in [6.07, 6.45) is 2.24. The predicted octanol–water partition coefficient (Wildman–Crippen LogP) is 0.0277. The van der Waals surface area contributed by atoms with Crippen LogP contribution in [0.5, 0.6) is 0 Å². The highest BCUT2D eigenvalue weighted by molar-refractivity contribution is 14.0. The Kier molecular flexibility index (Phi) is 9.91. The molecule has 3 aliphatic heterocycles. The van der Waals surface area contributed by atoms with Crippen LogP contribution in [-0.2, 0) is 4.79 Å². The molecule has 0 aromatic carbocycles. The third-order valence-corrected chi connectivity index (χ3v) is 4.59. The molecule has 3 rings (SSSR count). The zero-order valence-corrected chi connectivity index (χ0v) is 17.6. The fourth-order valence-corrected chi connectivity index (χ4v) is 2.98. The Bertz CT molecular complexity index is 409. The van der Waals surface area contributed by atoms with Crippen molar-refractivity contribution >= 4 is 35.8 Å². The summed E-state index contributed by atoms with van der Waals surface area (Å²) in [5.74, 6) is 0.777. The predicted molar refractivity (Wildman–Crippen MR) is 109 cm³/mol. The number of amides is 1. The van der Waals surface area contributed by atoms with E-state index in [0.717, 1.165) is 38.4 Å². The highest BCUT2D eigenvalue weighted by atomic mass is 127. The van der Waals surface area contributed by atoms with E-state index in [2.05, 4.69) is 32.3 Å². The molecule has 3 fully saturated rings. The number of likely N-dealkylation sites (N-methyl/N-ethyl adjacent to an activating group) is 1. The summed E-state index contributed by atoms with van der Waals surface area (Å²) in [5, 5.41) is 6.76. The first-order valence-corrected chi connectivity index (χ1v) is 8.79. The number of fused-ring (bicyclic) bond motifs is 3. The molecule has 0 spiro atoms. The molecule has 3 aliphatic rings. The lowest BCUT2D eigenvalue weighted by atomic mass is 10.1. The summed E-state index contributed by atoms with van der Waals surface area (Å²) in [5.41, 5.74) is 0.